The van der Waals surface area contributed by atoms with Crippen molar-refractivity contribution < 1.29 is 19.1 Å². The predicted octanol–water partition coefficient (Wildman–Crippen LogP) is 2.92. The number of rotatable bonds is 3. The average molecular weight is 351 g/mol. The average Bonchev–Trinajstić information content (AvgIpc) is 3.06. The van der Waals surface area contributed by atoms with Crippen LogP contribution in [0.3, 0.4) is 0 Å². The second kappa shape index (κ2) is 6.22. The van der Waals surface area contributed by atoms with E-state index in [1.54, 1.807) is 19.1 Å². The van der Waals surface area contributed by atoms with Gasteiger partial charge in [-0.2, -0.15) is 0 Å². The molecular weight excluding hydrogens is 334 g/mol. The maximum Gasteiger partial charge on any atom is 0.340 e. The third kappa shape index (κ3) is 2.90. The highest BCUT2D eigenvalue weighted by Gasteiger charge is 2.17. The number of ether oxygens (including phenoxy) is 1. The van der Waals surface area contributed by atoms with Crippen molar-refractivity contribution in [3.8, 4) is 11.5 Å². The molecule has 132 valence electrons. The van der Waals surface area contributed by atoms with Gasteiger partial charge in [0.25, 0.3) is 0 Å². The Labute approximate surface area is 149 Å². The maximum atomic E-state index is 12.4. The van der Waals surface area contributed by atoms with Crippen molar-refractivity contribution in [3.63, 3.8) is 0 Å². The van der Waals surface area contributed by atoms with Crippen molar-refractivity contribution in [2.24, 2.45) is 0 Å². The van der Waals surface area contributed by atoms with Gasteiger partial charge in [-0.25, -0.2) is 4.79 Å². The fraction of sp³-hybridized carbons (Fsp3) is 0.200. The number of fused-ring (bicyclic) bond motifs is 2. The van der Waals surface area contributed by atoms with Crippen LogP contribution in [-0.2, 0) is 17.6 Å². The zero-order chi connectivity index (χ0) is 18.3. The minimum atomic E-state index is -0.571. The first-order chi connectivity index (χ1) is 12.5. The van der Waals surface area contributed by atoms with Crippen LogP contribution in [0, 0.1) is 6.92 Å². The number of aryl methyl sites for hydroxylation is 1. The zero-order valence-corrected chi connectivity index (χ0v) is 14.2. The Hall–Kier alpha value is -3.28. The van der Waals surface area contributed by atoms with Crippen molar-refractivity contribution in [2.45, 2.75) is 19.8 Å². The largest absolute Gasteiger partial charge is 0.508 e. The summed E-state index contributed by atoms with van der Waals surface area (Å²) in [6, 6.07) is 10.1. The third-order valence-corrected chi connectivity index (χ3v) is 4.58. The molecule has 2 heterocycles. The standard InChI is InChI=1S/C20H17NO5/c1-11-15-4-3-14(22)9-18(15)26-20(24)16(11)10-19(23)21-13-2-5-17-12(8-13)6-7-25-17/h2-5,8-9,22H,6-7,10H2,1H3,(H,21,23). The number of carbonyl (C=O) groups excluding carboxylic acids is 1. The molecule has 1 aromatic heterocycles. The summed E-state index contributed by atoms with van der Waals surface area (Å²) >= 11 is 0. The summed E-state index contributed by atoms with van der Waals surface area (Å²) in [5.74, 6) is 0.570. The third-order valence-electron chi connectivity index (χ3n) is 4.58. The van der Waals surface area contributed by atoms with Crippen LogP contribution in [-0.4, -0.2) is 17.6 Å². The Morgan fingerprint density at radius 3 is 2.92 bits per heavy atom. The van der Waals surface area contributed by atoms with Gasteiger partial charge in [0, 0.05) is 23.6 Å². The van der Waals surface area contributed by atoms with E-state index in [4.69, 9.17) is 9.15 Å². The second-order valence-corrected chi connectivity index (χ2v) is 6.32. The molecule has 0 aliphatic carbocycles. The molecule has 0 atom stereocenters. The normalized spacial score (nSPS) is 12.7. The van der Waals surface area contributed by atoms with E-state index in [0.29, 0.717) is 34.4 Å². The van der Waals surface area contributed by atoms with Crippen LogP contribution in [0.15, 0.2) is 45.6 Å². The smallest absolute Gasteiger partial charge is 0.340 e. The fourth-order valence-electron chi connectivity index (χ4n) is 3.22. The predicted molar refractivity (Wildman–Crippen MR) is 96.9 cm³/mol. The second-order valence-electron chi connectivity index (χ2n) is 6.32. The number of aromatic hydroxyl groups is 1. The van der Waals surface area contributed by atoms with Gasteiger partial charge < -0.3 is 19.6 Å². The monoisotopic (exact) mass is 351 g/mol. The number of hydrogen-bond acceptors (Lipinski definition) is 5. The summed E-state index contributed by atoms with van der Waals surface area (Å²) in [5, 5.41) is 13.0. The molecule has 0 saturated carbocycles. The van der Waals surface area contributed by atoms with Gasteiger partial charge >= 0.3 is 5.63 Å². The number of phenols is 1. The lowest BCUT2D eigenvalue weighted by Gasteiger charge is -2.09. The quantitative estimate of drug-likeness (QED) is 0.708. The zero-order valence-electron chi connectivity index (χ0n) is 14.2. The summed E-state index contributed by atoms with van der Waals surface area (Å²) in [4.78, 5) is 24.7. The van der Waals surface area contributed by atoms with E-state index in [0.717, 1.165) is 17.7 Å². The molecule has 0 spiro atoms. The van der Waals surface area contributed by atoms with Crippen molar-refractivity contribution >= 4 is 22.6 Å². The molecule has 0 radical (unpaired) electrons. The lowest BCUT2D eigenvalue weighted by atomic mass is 10.0. The molecule has 6 nitrogen and oxygen atoms in total. The van der Waals surface area contributed by atoms with Crippen LogP contribution in [0.1, 0.15) is 16.7 Å². The molecule has 0 bridgehead atoms. The topological polar surface area (TPSA) is 88.8 Å². The molecule has 6 heteroatoms. The van der Waals surface area contributed by atoms with Crippen molar-refractivity contribution in [3.05, 3.63) is 63.5 Å². The highest BCUT2D eigenvalue weighted by atomic mass is 16.5. The van der Waals surface area contributed by atoms with Crippen LogP contribution in [0.2, 0.25) is 0 Å². The SMILES string of the molecule is Cc1c(CC(=O)Nc2ccc3c(c2)CCO3)c(=O)oc2cc(O)ccc12. The molecular formula is C20H17NO5. The van der Waals surface area contributed by atoms with Crippen LogP contribution in [0.25, 0.3) is 11.0 Å². The summed E-state index contributed by atoms with van der Waals surface area (Å²) in [7, 11) is 0. The lowest BCUT2D eigenvalue weighted by molar-refractivity contribution is -0.115. The lowest BCUT2D eigenvalue weighted by Crippen LogP contribution is -2.20. The number of nitrogens with one attached hydrogen (secondary N) is 1. The Morgan fingerprint density at radius 2 is 2.08 bits per heavy atom. The molecule has 26 heavy (non-hydrogen) atoms. The Bertz CT molecular complexity index is 1080. The van der Waals surface area contributed by atoms with Gasteiger partial charge in [-0.05, 0) is 48.4 Å². The van der Waals surface area contributed by atoms with Gasteiger partial charge in [-0.15, -0.1) is 0 Å². The summed E-state index contributed by atoms with van der Waals surface area (Å²) in [6.07, 6.45) is 0.734. The van der Waals surface area contributed by atoms with Crippen LogP contribution in [0.5, 0.6) is 11.5 Å². The van der Waals surface area contributed by atoms with Crippen LogP contribution in [0.4, 0.5) is 5.69 Å². The molecule has 0 saturated heterocycles. The highest BCUT2D eigenvalue weighted by molar-refractivity contribution is 5.93. The van der Waals surface area contributed by atoms with E-state index in [1.165, 1.54) is 12.1 Å². The molecule has 1 aliphatic heterocycles. The highest BCUT2D eigenvalue weighted by Crippen LogP contribution is 2.28. The van der Waals surface area contributed by atoms with Crippen LogP contribution < -0.4 is 15.7 Å². The molecule has 2 aromatic carbocycles. The van der Waals surface area contributed by atoms with Gasteiger partial charge in [-0.3, -0.25) is 4.79 Å². The van der Waals surface area contributed by atoms with Gasteiger partial charge in [0.2, 0.25) is 5.91 Å². The van der Waals surface area contributed by atoms with Crippen LogP contribution >= 0.6 is 0 Å². The Morgan fingerprint density at radius 1 is 1.23 bits per heavy atom. The summed E-state index contributed by atoms with van der Waals surface area (Å²) in [6.45, 7) is 2.42. The first-order valence-electron chi connectivity index (χ1n) is 8.32. The van der Waals surface area contributed by atoms with Gasteiger partial charge in [0.1, 0.15) is 17.1 Å². The summed E-state index contributed by atoms with van der Waals surface area (Å²) in [5.41, 5.74) is 2.45. The molecule has 4 rings (SSSR count). The first kappa shape index (κ1) is 16.2. The van der Waals surface area contributed by atoms with E-state index >= 15 is 0 Å². The Balaban J connectivity index is 1.59. The van der Waals surface area contributed by atoms with Crippen molar-refractivity contribution in [2.75, 3.05) is 11.9 Å². The number of anilines is 1. The summed E-state index contributed by atoms with van der Waals surface area (Å²) < 4.78 is 10.7. The van der Waals surface area contributed by atoms with Gasteiger partial charge in [-0.1, -0.05) is 0 Å². The molecule has 1 amide bonds. The Kier molecular flexibility index (Phi) is 3.88. The number of carbonyl (C=O) groups is 1. The van der Waals surface area contributed by atoms with E-state index in [-0.39, 0.29) is 18.1 Å². The van der Waals surface area contributed by atoms with E-state index in [9.17, 15) is 14.7 Å². The van der Waals surface area contributed by atoms with Crippen molar-refractivity contribution in [1.82, 2.24) is 0 Å². The molecule has 1 aliphatic rings. The van der Waals surface area contributed by atoms with E-state index in [2.05, 4.69) is 5.32 Å². The number of hydrogen-bond donors (Lipinski definition) is 2. The number of phenolic OH excluding ortho intramolecular Hbond substituents is 1. The van der Waals surface area contributed by atoms with Gasteiger partial charge in [0.15, 0.2) is 0 Å². The molecule has 2 N–H and O–H groups in total. The first-order valence-corrected chi connectivity index (χ1v) is 8.32. The minimum Gasteiger partial charge on any atom is -0.508 e. The van der Waals surface area contributed by atoms with Crippen molar-refractivity contribution in [1.29, 1.82) is 0 Å². The number of benzene rings is 2. The molecule has 0 fully saturated rings. The minimum absolute atomic E-state index is 0.0196. The van der Waals surface area contributed by atoms with E-state index < -0.39 is 5.63 Å². The number of amides is 1. The fourth-order valence-corrected chi connectivity index (χ4v) is 3.22. The molecule has 3 aromatic rings. The molecule has 0 unspecified atom stereocenters. The maximum absolute atomic E-state index is 12.4. The van der Waals surface area contributed by atoms with Gasteiger partial charge in [0.05, 0.1) is 18.6 Å². The van der Waals surface area contributed by atoms with E-state index in [1.807, 2.05) is 12.1 Å².